The van der Waals surface area contributed by atoms with Crippen molar-refractivity contribution in [3.63, 3.8) is 0 Å². The molecule has 2 N–H and O–H groups in total. The first-order chi connectivity index (χ1) is 11.0. The van der Waals surface area contributed by atoms with Crippen LogP contribution in [0.2, 0.25) is 0 Å². The molecule has 0 saturated carbocycles. The first-order valence-corrected chi connectivity index (χ1v) is 9.54. The summed E-state index contributed by atoms with van der Waals surface area (Å²) in [5, 5.41) is 6.40. The van der Waals surface area contributed by atoms with Gasteiger partial charge in [-0.1, -0.05) is 6.07 Å². The Bertz CT molecular complexity index is 855. The number of nitrogens with one attached hydrogen (secondary N) is 2. The second kappa shape index (κ2) is 6.39. The molecule has 0 aliphatic carbocycles. The summed E-state index contributed by atoms with van der Waals surface area (Å²) < 4.78 is 23.7. The third-order valence-corrected chi connectivity index (χ3v) is 4.55. The van der Waals surface area contributed by atoms with Gasteiger partial charge in [0.05, 0.1) is 4.90 Å². The van der Waals surface area contributed by atoms with Crippen molar-refractivity contribution in [2.75, 3.05) is 16.9 Å². The summed E-state index contributed by atoms with van der Waals surface area (Å²) in [6, 6.07) is 5.25. The molecule has 2 aromatic rings. The largest absolute Gasteiger partial charge is 0.350 e. The summed E-state index contributed by atoms with van der Waals surface area (Å²) >= 11 is 0. The van der Waals surface area contributed by atoms with E-state index in [2.05, 4.69) is 20.6 Å². The number of aromatic nitrogens is 2. The van der Waals surface area contributed by atoms with Gasteiger partial charge in [-0.25, -0.2) is 13.4 Å². The van der Waals surface area contributed by atoms with Gasteiger partial charge in [0.25, 0.3) is 0 Å². The van der Waals surface area contributed by atoms with Crippen molar-refractivity contribution in [2.45, 2.75) is 45.1 Å². The second-order valence-corrected chi connectivity index (χ2v) is 8.96. The Kier molecular flexibility index (Phi) is 4.85. The molecule has 24 heavy (non-hydrogen) atoms. The molecule has 1 aromatic carbocycles. The fourth-order valence-electron chi connectivity index (χ4n) is 2.18. The maximum atomic E-state index is 11.9. The van der Waals surface area contributed by atoms with Gasteiger partial charge in [-0.2, -0.15) is 4.98 Å². The summed E-state index contributed by atoms with van der Waals surface area (Å²) in [7, 11) is -3.28. The molecule has 0 unspecified atom stereocenters. The fraction of sp³-hybridized carbons (Fsp3) is 0.412. The van der Waals surface area contributed by atoms with E-state index in [1.165, 1.54) is 6.26 Å². The van der Waals surface area contributed by atoms with Crippen LogP contribution >= 0.6 is 0 Å². The first-order valence-electron chi connectivity index (χ1n) is 7.65. The molecule has 0 aliphatic rings. The molecule has 0 bridgehead atoms. The Morgan fingerprint density at radius 3 is 2.33 bits per heavy atom. The van der Waals surface area contributed by atoms with Crippen LogP contribution in [-0.4, -0.2) is 30.2 Å². The van der Waals surface area contributed by atoms with E-state index in [4.69, 9.17) is 0 Å². The molecule has 1 heterocycles. The molecule has 0 radical (unpaired) electrons. The predicted molar refractivity (Wildman–Crippen MR) is 97.7 cm³/mol. The second-order valence-electron chi connectivity index (χ2n) is 6.98. The topological polar surface area (TPSA) is 84.0 Å². The number of anilines is 3. The summed E-state index contributed by atoms with van der Waals surface area (Å²) in [4.78, 5) is 9.08. The van der Waals surface area contributed by atoms with E-state index < -0.39 is 9.84 Å². The standard InChI is InChI=1S/C17H24N4O2S/c1-11-7-8-13(9-14(11)24(6,22)23)19-15-12(2)10-18-16(20-15)21-17(3,4)5/h7-10H,1-6H3,(H2,18,19,20,21). The lowest BCUT2D eigenvalue weighted by molar-refractivity contribution is 0.601. The molecule has 7 heteroatoms. The van der Waals surface area contributed by atoms with Gasteiger partial charge < -0.3 is 10.6 Å². The number of sulfone groups is 1. The summed E-state index contributed by atoms with van der Waals surface area (Å²) in [5.74, 6) is 1.16. The van der Waals surface area contributed by atoms with Crippen molar-refractivity contribution in [3.8, 4) is 0 Å². The Labute approximate surface area is 143 Å². The van der Waals surface area contributed by atoms with Gasteiger partial charge in [0.1, 0.15) is 5.82 Å². The van der Waals surface area contributed by atoms with E-state index in [1.54, 1.807) is 25.3 Å². The van der Waals surface area contributed by atoms with E-state index in [-0.39, 0.29) is 5.54 Å². The molecule has 6 nitrogen and oxygen atoms in total. The normalized spacial score (nSPS) is 12.1. The fourth-order valence-corrected chi connectivity index (χ4v) is 3.17. The zero-order chi connectivity index (χ0) is 18.1. The highest BCUT2D eigenvalue weighted by atomic mass is 32.2. The van der Waals surface area contributed by atoms with Gasteiger partial charge in [0, 0.05) is 29.2 Å². The number of aryl methyl sites for hydroxylation is 2. The van der Waals surface area contributed by atoms with E-state index in [0.29, 0.717) is 22.3 Å². The third-order valence-electron chi connectivity index (χ3n) is 3.31. The van der Waals surface area contributed by atoms with E-state index in [0.717, 1.165) is 11.1 Å². The minimum absolute atomic E-state index is 0.153. The molecule has 130 valence electrons. The smallest absolute Gasteiger partial charge is 0.225 e. The molecule has 2 rings (SSSR count). The lowest BCUT2D eigenvalue weighted by Crippen LogP contribution is -2.27. The predicted octanol–water partition coefficient (Wildman–Crippen LogP) is 3.45. The average molecular weight is 348 g/mol. The Hall–Kier alpha value is -2.15. The molecule has 0 fully saturated rings. The van der Waals surface area contributed by atoms with Gasteiger partial charge >= 0.3 is 0 Å². The molecule has 0 saturated heterocycles. The molecule has 0 spiro atoms. The zero-order valence-corrected chi connectivity index (χ0v) is 15.7. The van der Waals surface area contributed by atoms with E-state index >= 15 is 0 Å². The Balaban J connectivity index is 2.36. The average Bonchev–Trinajstić information content (AvgIpc) is 2.42. The van der Waals surface area contributed by atoms with Crippen molar-refractivity contribution < 1.29 is 8.42 Å². The number of nitrogens with zero attached hydrogens (tertiary/aromatic N) is 2. The monoisotopic (exact) mass is 348 g/mol. The van der Waals surface area contributed by atoms with E-state index in [9.17, 15) is 8.42 Å². The van der Waals surface area contributed by atoms with Crippen LogP contribution in [0.15, 0.2) is 29.3 Å². The lowest BCUT2D eigenvalue weighted by Gasteiger charge is -2.21. The van der Waals surface area contributed by atoms with Crippen LogP contribution in [0, 0.1) is 13.8 Å². The first kappa shape index (κ1) is 18.2. The highest BCUT2D eigenvalue weighted by Crippen LogP contribution is 2.24. The van der Waals surface area contributed by atoms with E-state index in [1.807, 2.05) is 33.8 Å². The lowest BCUT2D eigenvalue weighted by atomic mass is 10.1. The van der Waals surface area contributed by atoms with Gasteiger partial charge in [-0.15, -0.1) is 0 Å². The molecule has 0 amide bonds. The van der Waals surface area contributed by atoms with Gasteiger partial charge in [0.2, 0.25) is 5.95 Å². The van der Waals surface area contributed by atoms with Crippen molar-refractivity contribution in [3.05, 3.63) is 35.5 Å². The molecular formula is C17H24N4O2S. The Morgan fingerprint density at radius 1 is 1.08 bits per heavy atom. The maximum absolute atomic E-state index is 11.9. The van der Waals surface area contributed by atoms with Crippen molar-refractivity contribution in [1.29, 1.82) is 0 Å². The number of hydrogen-bond donors (Lipinski definition) is 2. The summed E-state index contributed by atoms with van der Waals surface area (Å²) in [6.45, 7) is 9.77. The van der Waals surface area contributed by atoms with Crippen LogP contribution in [0.25, 0.3) is 0 Å². The number of rotatable bonds is 4. The maximum Gasteiger partial charge on any atom is 0.225 e. The quantitative estimate of drug-likeness (QED) is 0.880. The van der Waals surface area contributed by atoms with Gasteiger partial charge in [-0.3, -0.25) is 0 Å². The minimum Gasteiger partial charge on any atom is -0.350 e. The van der Waals surface area contributed by atoms with Crippen LogP contribution in [0.5, 0.6) is 0 Å². The number of hydrogen-bond acceptors (Lipinski definition) is 6. The number of benzene rings is 1. The van der Waals surface area contributed by atoms with Crippen LogP contribution in [0.4, 0.5) is 17.5 Å². The summed E-state index contributed by atoms with van der Waals surface area (Å²) in [5.41, 5.74) is 2.11. The Morgan fingerprint density at radius 2 is 1.75 bits per heavy atom. The molecule has 1 aromatic heterocycles. The minimum atomic E-state index is -3.28. The van der Waals surface area contributed by atoms with Crippen LogP contribution in [-0.2, 0) is 9.84 Å². The molecular weight excluding hydrogens is 324 g/mol. The van der Waals surface area contributed by atoms with Crippen LogP contribution in [0.1, 0.15) is 31.9 Å². The summed E-state index contributed by atoms with van der Waals surface area (Å²) in [6.07, 6.45) is 2.94. The van der Waals surface area contributed by atoms with Gasteiger partial charge in [-0.05, 0) is 52.3 Å². The zero-order valence-electron chi connectivity index (χ0n) is 14.9. The highest BCUT2D eigenvalue weighted by molar-refractivity contribution is 7.90. The molecule has 0 aliphatic heterocycles. The van der Waals surface area contributed by atoms with Crippen molar-refractivity contribution >= 4 is 27.3 Å². The molecule has 0 atom stereocenters. The van der Waals surface area contributed by atoms with Crippen LogP contribution < -0.4 is 10.6 Å². The van der Waals surface area contributed by atoms with Crippen molar-refractivity contribution in [2.24, 2.45) is 0 Å². The SMILES string of the molecule is Cc1ccc(Nc2nc(NC(C)(C)C)ncc2C)cc1S(C)(=O)=O. The van der Waals surface area contributed by atoms with Crippen molar-refractivity contribution in [1.82, 2.24) is 9.97 Å². The van der Waals surface area contributed by atoms with Gasteiger partial charge in [0.15, 0.2) is 9.84 Å². The van der Waals surface area contributed by atoms with Crippen LogP contribution in [0.3, 0.4) is 0 Å². The highest BCUT2D eigenvalue weighted by Gasteiger charge is 2.14. The third kappa shape index (κ3) is 4.67.